The number of carbonyl (C=O) groups is 2. The van der Waals surface area contributed by atoms with Gasteiger partial charge in [0, 0.05) is 21.8 Å². The molecule has 0 radical (unpaired) electrons. The molecule has 0 saturated carbocycles. The lowest BCUT2D eigenvalue weighted by Gasteiger charge is -2.10. The number of nitrogens with one attached hydrogen (secondary N) is 1. The van der Waals surface area contributed by atoms with Crippen LogP contribution < -0.4 is 5.43 Å². The van der Waals surface area contributed by atoms with E-state index in [1.54, 1.807) is 6.92 Å². The Morgan fingerprint density at radius 2 is 2.00 bits per heavy atom. The van der Waals surface area contributed by atoms with Crippen LogP contribution in [0.15, 0.2) is 29.4 Å². The highest BCUT2D eigenvalue weighted by molar-refractivity contribution is 7.15. The summed E-state index contributed by atoms with van der Waals surface area (Å²) in [6.45, 7) is 9.71. The number of nitrogens with zero attached hydrogens (tertiary/aromatic N) is 3. The third-order valence-corrected chi connectivity index (χ3v) is 6.42. The molecule has 0 spiro atoms. The summed E-state index contributed by atoms with van der Waals surface area (Å²) in [6.07, 6.45) is 1.47. The average molecular weight is 467 g/mol. The minimum atomic E-state index is -0.796. The molecule has 0 atom stereocenters. The van der Waals surface area contributed by atoms with Crippen LogP contribution in [0.2, 0.25) is 0 Å². The molecule has 3 aromatic rings. The molecule has 2 heterocycles. The molecule has 1 amide bonds. The molecule has 33 heavy (non-hydrogen) atoms. The summed E-state index contributed by atoms with van der Waals surface area (Å²) >= 11 is 1.50. The summed E-state index contributed by atoms with van der Waals surface area (Å²) < 4.78 is 21.3. The summed E-state index contributed by atoms with van der Waals surface area (Å²) in [5.74, 6) is -1.89. The quantitative estimate of drug-likeness (QED) is 0.323. The first-order valence-electron chi connectivity index (χ1n) is 10.2. The third-order valence-electron chi connectivity index (χ3n) is 5.23. The predicted molar refractivity (Wildman–Crippen MR) is 125 cm³/mol. The van der Waals surface area contributed by atoms with Gasteiger partial charge in [0.25, 0.3) is 5.91 Å². The second-order valence-corrected chi connectivity index (χ2v) is 8.55. The highest BCUT2D eigenvalue weighted by Gasteiger charge is 2.24. The van der Waals surface area contributed by atoms with E-state index in [4.69, 9.17) is 10.00 Å². The van der Waals surface area contributed by atoms with E-state index in [1.807, 2.05) is 44.4 Å². The zero-order valence-corrected chi connectivity index (χ0v) is 19.8. The Balaban J connectivity index is 1.89. The van der Waals surface area contributed by atoms with Crippen LogP contribution in [0.25, 0.3) is 5.00 Å². The zero-order valence-electron chi connectivity index (χ0n) is 18.9. The number of hydrazone groups is 1. The van der Waals surface area contributed by atoms with Crippen molar-refractivity contribution in [2.24, 2.45) is 5.10 Å². The van der Waals surface area contributed by atoms with Gasteiger partial charge in [-0.15, -0.1) is 11.3 Å². The topological polar surface area (TPSA) is 96.5 Å². The van der Waals surface area contributed by atoms with E-state index in [0.29, 0.717) is 5.56 Å². The lowest BCUT2D eigenvalue weighted by Crippen LogP contribution is -2.19. The van der Waals surface area contributed by atoms with Crippen LogP contribution in [-0.2, 0) is 4.74 Å². The predicted octanol–water partition coefficient (Wildman–Crippen LogP) is 4.72. The van der Waals surface area contributed by atoms with Crippen molar-refractivity contribution in [3.05, 3.63) is 74.2 Å². The van der Waals surface area contributed by atoms with Crippen LogP contribution in [-0.4, -0.2) is 29.3 Å². The summed E-state index contributed by atoms with van der Waals surface area (Å²) in [4.78, 5) is 25.9. The molecular weight excluding hydrogens is 443 g/mol. The van der Waals surface area contributed by atoms with Gasteiger partial charge in [0.15, 0.2) is 0 Å². The first-order chi connectivity index (χ1) is 15.7. The number of hydrogen-bond acceptors (Lipinski definition) is 6. The van der Waals surface area contributed by atoms with Gasteiger partial charge >= 0.3 is 5.97 Å². The number of carbonyl (C=O) groups excluding carboxylic acids is 2. The number of ether oxygens (including phenoxy) is 1. The minimum absolute atomic E-state index is 0.126. The number of hydrogen-bond donors (Lipinski definition) is 1. The van der Waals surface area contributed by atoms with Crippen molar-refractivity contribution in [2.75, 3.05) is 6.61 Å². The summed E-state index contributed by atoms with van der Waals surface area (Å²) in [6, 6.07) is 7.30. The van der Waals surface area contributed by atoms with E-state index in [9.17, 15) is 14.0 Å². The number of esters is 1. The Morgan fingerprint density at radius 1 is 1.27 bits per heavy atom. The van der Waals surface area contributed by atoms with E-state index in [2.05, 4.69) is 10.5 Å². The molecule has 0 unspecified atom stereocenters. The fraction of sp³-hybridized carbons (Fsp3) is 0.250. The van der Waals surface area contributed by atoms with Crippen LogP contribution in [0.4, 0.5) is 4.39 Å². The molecule has 0 bridgehead atoms. The van der Waals surface area contributed by atoms with E-state index >= 15 is 0 Å². The van der Waals surface area contributed by atoms with E-state index in [1.165, 1.54) is 29.7 Å². The molecule has 2 aromatic heterocycles. The monoisotopic (exact) mass is 466 g/mol. The minimum Gasteiger partial charge on any atom is -0.462 e. The molecule has 0 aliphatic carbocycles. The number of halogens is 1. The van der Waals surface area contributed by atoms with Gasteiger partial charge in [0.05, 0.1) is 35.6 Å². The molecule has 0 fully saturated rings. The second kappa shape index (κ2) is 9.79. The second-order valence-electron chi connectivity index (χ2n) is 7.35. The van der Waals surface area contributed by atoms with Gasteiger partial charge in [-0.3, -0.25) is 4.79 Å². The Bertz CT molecular complexity index is 1310. The summed E-state index contributed by atoms with van der Waals surface area (Å²) in [7, 11) is 0. The molecule has 7 nitrogen and oxygen atoms in total. The number of aryl methyl sites for hydroxylation is 2. The fourth-order valence-electron chi connectivity index (χ4n) is 3.43. The Kier molecular flexibility index (Phi) is 7.09. The molecule has 1 aromatic carbocycles. The maximum absolute atomic E-state index is 14.0. The highest BCUT2D eigenvalue weighted by Crippen LogP contribution is 2.34. The van der Waals surface area contributed by atoms with Crippen molar-refractivity contribution >= 4 is 29.4 Å². The van der Waals surface area contributed by atoms with Crippen molar-refractivity contribution < 1.29 is 18.7 Å². The van der Waals surface area contributed by atoms with Gasteiger partial charge in [0.1, 0.15) is 10.8 Å². The first-order valence-corrected chi connectivity index (χ1v) is 11.0. The SMILES string of the molecule is CCOC(=O)c1c(-n2c(C)cc(/C=N/NC(=O)c3ccc(C#N)cc3F)c2C)sc(C)c1C. The zero-order chi connectivity index (χ0) is 24.3. The lowest BCUT2D eigenvalue weighted by atomic mass is 10.1. The van der Waals surface area contributed by atoms with Gasteiger partial charge < -0.3 is 9.30 Å². The van der Waals surface area contributed by atoms with Gasteiger partial charge in [-0.2, -0.15) is 10.4 Å². The summed E-state index contributed by atoms with van der Waals surface area (Å²) in [5.41, 5.74) is 6.07. The number of aromatic nitrogens is 1. The number of nitriles is 1. The van der Waals surface area contributed by atoms with Crippen LogP contribution in [0.5, 0.6) is 0 Å². The smallest absolute Gasteiger partial charge is 0.341 e. The van der Waals surface area contributed by atoms with Crippen molar-refractivity contribution in [3.63, 3.8) is 0 Å². The Morgan fingerprint density at radius 3 is 2.64 bits per heavy atom. The van der Waals surface area contributed by atoms with E-state index < -0.39 is 11.7 Å². The van der Waals surface area contributed by atoms with Crippen LogP contribution in [0.1, 0.15) is 60.6 Å². The number of thiophene rings is 1. The number of benzene rings is 1. The normalized spacial score (nSPS) is 10.9. The van der Waals surface area contributed by atoms with Crippen molar-refractivity contribution in [2.45, 2.75) is 34.6 Å². The number of amides is 1. The fourth-order valence-corrected chi connectivity index (χ4v) is 4.69. The van der Waals surface area contributed by atoms with Crippen LogP contribution in [0, 0.1) is 44.8 Å². The van der Waals surface area contributed by atoms with E-state index in [-0.39, 0.29) is 23.7 Å². The Labute approximate surface area is 195 Å². The lowest BCUT2D eigenvalue weighted by molar-refractivity contribution is 0.0526. The molecular formula is C24H23FN4O3S. The molecule has 1 N–H and O–H groups in total. The largest absolute Gasteiger partial charge is 0.462 e. The molecule has 0 saturated heterocycles. The van der Waals surface area contributed by atoms with Gasteiger partial charge in [0.2, 0.25) is 0 Å². The molecule has 170 valence electrons. The molecule has 9 heteroatoms. The van der Waals surface area contributed by atoms with Crippen molar-refractivity contribution in [3.8, 4) is 11.1 Å². The Hall–Kier alpha value is -3.77. The molecule has 0 aliphatic rings. The molecule has 3 rings (SSSR count). The van der Waals surface area contributed by atoms with Crippen LogP contribution in [0.3, 0.4) is 0 Å². The standard InChI is InChI=1S/C24H23FN4O3S/c1-6-32-24(31)21-14(3)16(5)33-23(21)29-13(2)9-18(15(29)4)12-27-28-22(30)19-8-7-17(11-26)10-20(19)25/h7-10,12H,6H2,1-5H3,(H,28,30)/b27-12+. The highest BCUT2D eigenvalue weighted by atomic mass is 32.1. The van der Waals surface area contributed by atoms with Crippen LogP contribution >= 0.6 is 11.3 Å². The van der Waals surface area contributed by atoms with Gasteiger partial charge in [-0.1, -0.05) is 0 Å². The van der Waals surface area contributed by atoms with Gasteiger partial charge in [-0.25, -0.2) is 14.6 Å². The van der Waals surface area contributed by atoms with Crippen molar-refractivity contribution in [1.29, 1.82) is 5.26 Å². The van der Waals surface area contributed by atoms with Gasteiger partial charge in [-0.05, 0) is 64.4 Å². The van der Waals surface area contributed by atoms with Crippen molar-refractivity contribution in [1.82, 2.24) is 9.99 Å². The van der Waals surface area contributed by atoms with E-state index in [0.717, 1.165) is 38.5 Å². The molecule has 0 aliphatic heterocycles. The first kappa shape index (κ1) is 23.9. The average Bonchev–Trinajstić information content (AvgIpc) is 3.22. The maximum Gasteiger partial charge on any atom is 0.341 e. The maximum atomic E-state index is 14.0. The third kappa shape index (κ3) is 4.71. The summed E-state index contributed by atoms with van der Waals surface area (Å²) in [5, 5.41) is 13.5. The number of rotatable bonds is 6.